The molecule has 3 aromatic rings. The highest BCUT2D eigenvalue weighted by Gasteiger charge is 1.99. The number of rotatable bonds is 4. The van der Waals surface area contributed by atoms with Crippen LogP contribution in [0.2, 0.25) is 0 Å². The normalized spacial score (nSPS) is 10.6. The van der Waals surface area contributed by atoms with Gasteiger partial charge in [0, 0.05) is 29.2 Å². The van der Waals surface area contributed by atoms with E-state index in [1.54, 1.807) is 17.5 Å². The monoisotopic (exact) mass is 270 g/mol. The molecule has 0 atom stereocenters. The Morgan fingerprint density at radius 1 is 1.26 bits per heavy atom. The van der Waals surface area contributed by atoms with E-state index in [0.29, 0.717) is 0 Å². The highest BCUT2D eigenvalue weighted by Crippen LogP contribution is 2.16. The van der Waals surface area contributed by atoms with Gasteiger partial charge in [-0.05, 0) is 37.3 Å². The molecule has 2 aromatic heterocycles. The predicted octanol–water partition coefficient (Wildman–Crippen LogP) is 3.25. The summed E-state index contributed by atoms with van der Waals surface area (Å²) in [5.41, 5.74) is 2.16. The van der Waals surface area contributed by atoms with Crippen LogP contribution in [0.4, 0.5) is 5.69 Å². The SMILES string of the molecule is Cc1ncc(CNc2ccc(-n3cccn3)cc2)s1. The third-order valence-electron chi connectivity index (χ3n) is 2.77. The zero-order valence-corrected chi connectivity index (χ0v) is 11.4. The van der Waals surface area contributed by atoms with E-state index < -0.39 is 0 Å². The van der Waals surface area contributed by atoms with Crippen LogP contribution in [-0.4, -0.2) is 14.8 Å². The summed E-state index contributed by atoms with van der Waals surface area (Å²) in [5.74, 6) is 0. The van der Waals surface area contributed by atoms with Crippen molar-refractivity contribution in [3.63, 3.8) is 0 Å². The molecule has 0 aliphatic heterocycles. The standard InChI is InChI=1S/C14H14N4S/c1-11-15-9-14(19-11)10-16-12-3-5-13(6-4-12)18-8-2-7-17-18/h2-9,16H,10H2,1H3. The summed E-state index contributed by atoms with van der Waals surface area (Å²) in [6.07, 6.45) is 5.63. The summed E-state index contributed by atoms with van der Waals surface area (Å²) < 4.78 is 1.84. The van der Waals surface area contributed by atoms with Gasteiger partial charge >= 0.3 is 0 Å². The Kier molecular flexibility index (Phi) is 3.29. The number of anilines is 1. The zero-order chi connectivity index (χ0) is 13.1. The summed E-state index contributed by atoms with van der Waals surface area (Å²) in [7, 11) is 0. The first kappa shape index (κ1) is 11.9. The largest absolute Gasteiger partial charge is 0.380 e. The molecule has 0 unspecified atom stereocenters. The second kappa shape index (κ2) is 5.24. The van der Waals surface area contributed by atoms with Gasteiger partial charge in [0.25, 0.3) is 0 Å². The Labute approximate surface area is 115 Å². The molecule has 0 saturated carbocycles. The van der Waals surface area contributed by atoms with Gasteiger partial charge in [0.05, 0.1) is 17.2 Å². The van der Waals surface area contributed by atoms with Gasteiger partial charge in [-0.2, -0.15) is 5.10 Å². The molecule has 0 spiro atoms. The fraction of sp³-hybridized carbons (Fsp3) is 0.143. The second-order valence-electron chi connectivity index (χ2n) is 4.20. The van der Waals surface area contributed by atoms with Gasteiger partial charge in [-0.25, -0.2) is 9.67 Å². The molecule has 2 heterocycles. The Morgan fingerprint density at radius 2 is 2.11 bits per heavy atom. The van der Waals surface area contributed by atoms with Crippen LogP contribution in [0.1, 0.15) is 9.88 Å². The molecule has 0 aliphatic carbocycles. The maximum atomic E-state index is 4.24. The summed E-state index contributed by atoms with van der Waals surface area (Å²) >= 11 is 1.72. The van der Waals surface area contributed by atoms with Crippen LogP contribution >= 0.6 is 11.3 Å². The highest BCUT2D eigenvalue weighted by atomic mass is 32.1. The van der Waals surface area contributed by atoms with Crippen molar-refractivity contribution in [2.24, 2.45) is 0 Å². The van der Waals surface area contributed by atoms with Crippen molar-refractivity contribution in [3.05, 3.63) is 58.8 Å². The van der Waals surface area contributed by atoms with E-state index in [0.717, 1.165) is 22.9 Å². The first-order valence-electron chi connectivity index (χ1n) is 6.06. The quantitative estimate of drug-likeness (QED) is 0.791. The molecular formula is C14H14N4S. The number of benzene rings is 1. The molecule has 0 amide bonds. The lowest BCUT2D eigenvalue weighted by Gasteiger charge is -2.06. The van der Waals surface area contributed by atoms with E-state index in [1.165, 1.54) is 4.88 Å². The summed E-state index contributed by atoms with van der Waals surface area (Å²) in [6.45, 7) is 2.83. The average Bonchev–Trinajstić information content (AvgIpc) is 3.08. The van der Waals surface area contributed by atoms with Gasteiger partial charge in [-0.15, -0.1) is 11.3 Å². The fourth-order valence-electron chi connectivity index (χ4n) is 1.83. The summed E-state index contributed by atoms with van der Waals surface area (Å²) in [5, 5.41) is 8.69. The van der Waals surface area contributed by atoms with Crippen LogP contribution in [0, 0.1) is 6.92 Å². The lowest BCUT2D eigenvalue weighted by atomic mass is 10.3. The summed E-state index contributed by atoms with van der Waals surface area (Å²) in [4.78, 5) is 5.49. The topological polar surface area (TPSA) is 42.7 Å². The van der Waals surface area contributed by atoms with E-state index in [4.69, 9.17) is 0 Å². The fourth-order valence-corrected chi connectivity index (χ4v) is 2.56. The smallest absolute Gasteiger partial charge is 0.0897 e. The van der Waals surface area contributed by atoms with Crippen molar-refractivity contribution >= 4 is 17.0 Å². The van der Waals surface area contributed by atoms with Gasteiger partial charge in [0.1, 0.15) is 0 Å². The first-order chi connectivity index (χ1) is 9.31. The molecule has 96 valence electrons. The minimum Gasteiger partial charge on any atom is -0.380 e. The van der Waals surface area contributed by atoms with E-state index in [9.17, 15) is 0 Å². The molecule has 5 heteroatoms. The van der Waals surface area contributed by atoms with Gasteiger partial charge in [0.2, 0.25) is 0 Å². The number of thiazole rings is 1. The Balaban J connectivity index is 1.66. The number of aryl methyl sites for hydroxylation is 1. The first-order valence-corrected chi connectivity index (χ1v) is 6.88. The van der Waals surface area contributed by atoms with Gasteiger partial charge in [-0.3, -0.25) is 0 Å². The zero-order valence-electron chi connectivity index (χ0n) is 10.6. The van der Waals surface area contributed by atoms with E-state index in [2.05, 4.69) is 27.5 Å². The molecule has 1 aromatic carbocycles. The lowest BCUT2D eigenvalue weighted by Crippen LogP contribution is -1.98. The molecule has 0 bridgehead atoms. The van der Waals surface area contributed by atoms with E-state index >= 15 is 0 Å². The van der Waals surface area contributed by atoms with Crippen LogP contribution in [0.15, 0.2) is 48.9 Å². The van der Waals surface area contributed by atoms with Crippen molar-refractivity contribution in [1.29, 1.82) is 0 Å². The molecule has 4 nitrogen and oxygen atoms in total. The molecule has 0 aliphatic rings. The summed E-state index contributed by atoms with van der Waals surface area (Å²) in [6, 6.07) is 10.1. The van der Waals surface area contributed by atoms with Crippen molar-refractivity contribution < 1.29 is 0 Å². The number of hydrogen-bond donors (Lipinski definition) is 1. The molecule has 3 rings (SSSR count). The number of hydrogen-bond acceptors (Lipinski definition) is 4. The van der Waals surface area contributed by atoms with E-state index in [1.807, 2.05) is 42.2 Å². The third-order valence-corrected chi connectivity index (χ3v) is 3.68. The maximum absolute atomic E-state index is 4.24. The van der Waals surface area contributed by atoms with Crippen molar-refractivity contribution in [3.8, 4) is 5.69 Å². The van der Waals surface area contributed by atoms with Crippen LogP contribution in [-0.2, 0) is 6.54 Å². The van der Waals surface area contributed by atoms with Crippen molar-refractivity contribution in [1.82, 2.24) is 14.8 Å². The lowest BCUT2D eigenvalue weighted by molar-refractivity contribution is 0.880. The van der Waals surface area contributed by atoms with Crippen molar-refractivity contribution in [2.45, 2.75) is 13.5 Å². The molecule has 0 fully saturated rings. The van der Waals surface area contributed by atoms with E-state index in [-0.39, 0.29) is 0 Å². The Hall–Kier alpha value is -2.14. The van der Waals surface area contributed by atoms with Gasteiger partial charge < -0.3 is 5.32 Å². The molecule has 0 radical (unpaired) electrons. The maximum Gasteiger partial charge on any atom is 0.0897 e. The van der Waals surface area contributed by atoms with Crippen LogP contribution < -0.4 is 5.32 Å². The number of nitrogens with one attached hydrogen (secondary N) is 1. The minimum atomic E-state index is 0.812. The third kappa shape index (κ3) is 2.82. The van der Waals surface area contributed by atoms with Gasteiger partial charge in [-0.1, -0.05) is 0 Å². The van der Waals surface area contributed by atoms with Gasteiger partial charge in [0.15, 0.2) is 0 Å². The molecule has 0 saturated heterocycles. The van der Waals surface area contributed by atoms with Crippen LogP contribution in [0.3, 0.4) is 0 Å². The predicted molar refractivity (Wildman–Crippen MR) is 77.7 cm³/mol. The van der Waals surface area contributed by atoms with Crippen LogP contribution in [0.5, 0.6) is 0 Å². The van der Waals surface area contributed by atoms with Crippen molar-refractivity contribution in [2.75, 3.05) is 5.32 Å². The average molecular weight is 270 g/mol. The van der Waals surface area contributed by atoms with Crippen LogP contribution in [0.25, 0.3) is 5.69 Å². The Morgan fingerprint density at radius 3 is 2.74 bits per heavy atom. The molecule has 19 heavy (non-hydrogen) atoms. The number of aromatic nitrogens is 3. The molecule has 1 N–H and O–H groups in total. The number of nitrogens with zero attached hydrogens (tertiary/aromatic N) is 3. The second-order valence-corrected chi connectivity index (χ2v) is 5.52. The molecular weight excluding hydrogens is 256 g/mol. The minimum absolute atomic E-state index is 0.812. The Bertz CT molecular complexity index is 640. The highest BCUT2D eigenvalue weighted by molar-refractivity contribution is 7.11.